The fraction of sp³-hybridized carbons (Fsp3) is 0.429. The molecule has 0 aliphatic heterocycles. The maximum Gasteiger partial charge on any atom is 0.280 e. The van der Waals surface area contributed by atoms with Crippen molar-refractivity contribution in [2.75, 3.05) is 6.26 Å². The number of carbonyl (C=O) groups excluding carboxylic acids is 1. The van der Waals surface area contributed by atoms with E-state index in [0.717, 1.165) is 24.7 Å². The lowest BCUT2D eigenvalue weighted by Crippen LogP contribution is -2.24. The molecule has 0 spiro atoms. The monoisotopic (exact) mass is 311 g/mol. The van der Waals surface area contributed by atoms with E-state index in [0.29, 0.717) is 12.0 Å². The van der Waals surface area contributed by atoms with E-state index >= 15 is 0 Å². The summed E-state index contributed by atoms with van der Waals surface area (Å²) >= 11 is 0. The molecule has 0 fully saturated rings. The minimum Gasteiger partial charge on any atom is -0.370 e. The van der Waals surface area contributed by atoms with Crippen LogP contribution >= 0.6 is 0 Å². The van der Waals surface area contributed by atoms with Crippen molar-refractivity contribution in [1.82, 2.24) is 0 Å². The van der Waals surface area contributed by atoms with Gasteiger partial charge < -0.3 is 11.5 Å². The van der Waals surface area contributed by atoms with E-state index in [-0.39, 0.29) is 16.4 Å². The van der Waals surface area contributed by atoms with Gasteiger partial charge in [0.15, 0.2) is 15.8 Å². The molecule has 1 aromatic carbocycles. The van der Waals surface area contributed by atoms with Gasteiger partial charge >= 0.3 is 0 Å². The van der Waals surface area contributed by atoms with Crippen LogP contribution in [0, 0.1) is 6.92 Å². The van der Waals surface area contributed by atoms with Crippen LogP contribution in [0.2, 0.25) is 0 Å². The highest BCUT2D eigenvalue weighted by atomic mass is 32.2. The van der Waals surface area contributed by atoms with Crippen molar-refractivity contribution < 1.29 is 13.2 Å². The van der Waals surface area contributed by atoms with Crippen molar-refractivity contribution in [2.24, 2.45) is 16.5 Å². The van der Waals surface area contributed by atoms with E-state index in [1.54, 1.807) is 13.0 Å². The van der Waals surface area contributed by atoms with Crippen molar-refractivity contribution in [3.63, 3.8) is 0 Å². The quantitative estimate of drug-likeness (QED) is 0.625. The molecule has 1 aromatic rings. The Hall–Kier alpha value is -1.89. The standard InChI is InChI=1S/C14H21N3O3S/c1-4-5-6-10-7-9(2)12(21(3,19)20)8-11(10)13(18)17-14(15)16/h7-8H,4-6H2,1-3H3,(H4,15,16,17,18). The summed E-state index contributed by atoms with van der Waals surface area (Å²) < 4.78 is 23.6. The van der Waals surface area contributed by atoms with Gasteiger partial charge in [0.2, 0.25) is 0 Å². The third-order valence-corrected chi connectivity index (χ3v) is 4.30. The van der Waals surface area contributed by atoms with Gasteiger partial charge in [-0.1, -0.05) is 19.4 Å². The first-order valence-electron chi connectivity index (χ1n) is 6.64. The molecule has 4 N–H and O–H groups in total. The SMILES string of the molecule is CCCCc1cc(C)c(S(C)(=O)=O)cc1C(=O)N=C(N)N. The van der Waals surface area contributed by atoms with Crippen LogP contribution in [0.1, 0.15) is 41.3 Å². The molecular formula is C14H21N3O3S. The van der Waals surface area contributed by atoms with Crippen LogP contribution in [-0.2, 0) is 16.3 Å². The molecule has 0 unspecified atom stereocenters. The van der Waals surface area contributed by atoms with Crippen LogP contribution in [0.4, 0.5) is 0 Å². The molecule has 0 heterocycles. The summed E-state index contributed by atoms with van der Waals surface area (Å²) in [5.41, 5.74) is 12.1. The molecule has 0 radical (unpaired) electrons. The van der Waals surface area contributed by atoms with Crippen molar-refractivity contribution >= 4 is 21.7 Å². The molecule has 0 aliphatic rings. The Labute approximate surface area is 125 Å². The molecule has 1 amide bonds. The van der Waals surface area contributed by atoms with Crippen molar-refractivity contribution in [3.8, 4) is 0 Å². The predicted molar refractivity (Wildman–Crippen MR) is 83.0 cm³/mol. The van der Waals surface area contributed by atoms with E-state index in [2.05, 4.69) is 4.99 Å². The number of aryl methyl sites for hydroxylation is 2. The zero-order valence-corrected chi connectivity index (χ0v) is 13.3. The number of unbranched alkanes of at least 4 members (excludes halogenated alkanes) is 1. The van der Waals surface area contributed by atoms with E-state index in [9.17, 15) is 13.2 Å². The molecule has 6 nitrogen and oxygen atoms in total. The lowest BCUT2D eigenvalue weighted by atomic mass is 9.99. The molecule has 0 saturated heterocycles. The van der Waals surface area contributed by atoms with Gasteiger partial charge in [-0.3, -0.25) is 4.79 Å². The van der Waals surface area contributed by atoms with Gasteiger partial charge in [-0.15, -0.1) is 0 Å². The Morgan fingerprint density at radius 2 is 1.90 bits per heavy atom. The van der Waals surface area contributed by atoms with Gasteiger partial charge in [-0.25, -0.2) is 8.42 Å². The van der Waals surface area contributed by atoms with E-state index in [4.69, 9.17) is 11.5 Å². The first-order valence-corrected chi connectivity index (χ1v) is 8.53. The van der Waals surface area contributed by atoms with Crippen LogP contribution < -0.4 is 11.5 Å². The van der Waals surface area contributed by atoms with Crippen molar-refractivity contribution in [3.05, 3.63) is 28.8 Å². The number of hydrogen-bond donors (Lipinski definition) is 2. The second kappa shape index (κ2) is 6.71. The maximum absolute atomic E-state index is 12.1. The number of benzene rings is 1. The van der Waals surface area contributed by atoms with Crippen LogP contribution in [0.15, 0.2) is 22.0 Å². The number of carbonyl (C=O) groups is 1. The number of nitrogens with zero attached hydrogens (tertiary/aromatic N) is 1. The van der Waals surface area contributed by atoms with Crippen LogP contribution in [0.25, 0.3) is 0 Å². The fourth-order valence-corrected chi connectivity index (χ4v) is 3.07. The van der Waals surface area contributed by atoms with Crippen LogP contribution in [0.3, 0.4) is 0 Å². The molecule has 0 atom stereocenters. The number of nitrogens with two attached hydrogens (primary N) is 2. The topological polar surface area (TPSA) is 116 Å². The first kappa shape index (κ1) is 17.2. The lowest BCUT2D eigenvalue weighted by Gasteiger charge is -2.11. The molecule has 1 rings (SSSR count). The molecule has 0 bridgehead atoms. The Bertz CT molecular complexity index is 675. The zero-order valence-electron chi connectivity index (χ0n) is 12.5. The van der Waals surface area contributed by atoms with Gasteiger partial charge in [0.05, 0.1) is 4.90 Å². The first-order chi connectivity index (χ1) is 9.66. The third-order valence-electron chi connectivity index (χ3n) is 3.06. The molecular weight excluding hydrogens is 290 g/mol. The predicted octanol–water partition coefficient (Wildman–Crippen LogP) is 1.15. The van der Waals surface area contributed by atoms with E-state index in [1.165, 1.54) is 6.07 Å². The Balaban J connectivity index is 3.48. The summed E-state index contributed by atoms with van der Waals surface area (Å²) in [6, 6.07) is 3.09. The van der Waals surface area contributed by atoms with Gasteiger partial charge in [0.1, 0.15) is 0 Å². The Morgan fingerprint density at radius 3 is 2.38 bits per heavy atom. The third kappa shape index (κ3) is 4.56. The fourth-order valence-electron chi connectivity index (χ4n) is 2.10. The van der Waals surface area contributed by atoms with Crippen LogP contribution in [-0.4, -0.2) is 26.5 Å². The summed E-state index contributed by atoms with van der Waals surface area (Å²) in [5, 5.41) is 0. The number of guanidine groups is 1. The minimum atomic E-state index is -3.42. The second-order valence-electron chi connectivity index (χ2n) is 4.99. The number of sulfone groups is 1. The summed E-state index contributed by atoms with van der Waals surface area (Å²) in [6.45, 7) is 3.75. The average Bonchev–Trinajstić information content (AvgIpc) is 2.33. The van der Waals surface area contributed by atoms with Gasteiger partial charge in [-0.2, -0.15) is 4.99 Å². The Kier molecular flexibility index (Phi) is 5.48. The zero-order chi connectivity index (χ0) is 16.2. The number of rotatable bonds is 5. The molecule has 0 saturated carbocycles. The second-order valence-corrected chi connectivity index (χ2v) is 6.98. The van der Waals surface area contributed by atoms with Gasteiger partial charge in [-0.05, 0) is 37.0 Å². The van der Waals surface area contributed by atoms with Gasteiger partial charge in [0.25, 0.3) is 5.91 Å². The number of amides is 1. The highest BCUT2D eigenvalue weighted by molar-refractivity contribution is 7.90. The summed E-state index contributed by atoms with van der Waals surface area (Å²) in [4.78, 5) is 15.7. The molecule has 0 aliphatic carbocycles. The Morgan fingerprint density at radius 1 is 1.29 bits per heavy atom. The van der Waals surface area contributed by atoms with Crippen molar-refractivity contribution in [2.45, 2.75) is 38.0 Å². The lowest BCUT2D eigenvalue weighted by molar-refractivity contribution is 0.100. The number of hydrogen-bond acceptors (Lipinski definition) is 3. The highest BCUT2D eigenvalue weighted by Gasteiger charge is 2.18. The van der Waals surface area contributed by atoms with E-state index in [1.807, 2.05) is 6.92 Å². The normalized spacial score (nSPS) is 11.2. The van der Waals surface area contributed by atoms with Crippen molar-refractivity contribution in [1.29, 1.82) is 0 Å². The molecule has 116 valence electrons. The van der Waals surface area contributed by atoms with Crippen LogP contribution in [0.5, 0.6) is 0 Å². The maximum atomic E-state index is 12.1. The minimum absolute atomic E-state index is 0.122. The molecule has 7 heteroatoms. The van der Waals surface area contributed by atoms with Gasteiger partial charge in [0, 0.05) is 11.8 Å². The highest BCUT2D eigenvalue weighted by Crippen LogP contribution is 2.23. The summed E-state index contributed by atoms with van der Waals surface area (Å²) in [5.74, 6) is -0.964. The number of aliphatic imine (C=N–C) groups is 1. The molecule has 0 aromatic heterocycles. The summed E-state index contributed by atoms with van der Waals surface area (Å²) in [7, 11) is -3.42. The largest absolute Gasteiger partial charge is 0.370 e. The van der Waals surface area contributed by atoms with E-state index < -0.39 is 15.7 Å². The average molecular weight is 311 g/mol. The smallest absolute Gasteiger partial charge is 0.280 e. The molecule has 21 heavy (non-hydrogen) atoms. The summed E-state index contributed by atoms with van der Waals surface area (Å²) in [6.07, 6.45) is 3.63.